The van der Waals surface area contributed by atoms with E-state index in [9.17, 15) is 0 Å². The highest BCUT2D eigenvalue weighted by Crippen LogP contribution is 2.23. The first-order valence-electron chi connectivity index (χ1n) is 8.83. The second-order valence-electron chi connectivity index (χ2n) is 6.35. The van der Waals surface area contributed by atoms with E-state index in [1.165, 1.54) is 10.4 Å². The van der Waals surface area contributed by atoms with E-state index in [0.717, 1.165) is 36.0 Å². The Labute approximate surface area is 181 Å². The van der Waals surface area contributed by atoms with Gasteiger partial charge >= 0.3 is 0 Å². The monoisotopic (exact) mass is 502 g/mol. The van der Waals surface area contributed by atoms with Gasteiger partial charge in [0, 0.05) is 30.5 Å². The molecule has 1 aliphatic rings. The lowest BCUT2D eigenvalue weighted by Crippen LogP contribution is -2.36. The van der Waals surface area contributed by atoms with Crippen LogP contribution >= 0.6 is 35.3 Å². The zero-order chi connectivity index (χ0) is 18.4. The molecule has 0 saturated carbocycles. The minimum atomic E-state index is 0. The second-order valence-corrected chi connectivity index (χ2v) is 7.29. The number of hydrogen-bond acceptors (Lipinski definition) is 5. The van der Waals surface area contributed by atoms with Crippen molar-refractivity contribution in [1.29, 1.82) is 0 Å². The maximum atomic E-state index is 6.16. The summed E-state index contributed by atoms with van der Waals surface area (Å²) < 4.78 is 11.6. The zero-order valence-electron chi connectivity index (χ0n) is 15.9. The fraction of sp³-hybridized carbons (Fsp3) is 0.474. The molecule has 2 N–H and O–H groups in total. The highest BCUT2D eigenvalue weighted by Gasteiger charge is 2.18. The molecule has 0 bridgehead atoms. The first kappa shape index (κ1) is 21.9. The van der Waals surface area contributed by atoms with E-state index in [2.05, 4.69) is 45.7 Å². The van der Waals surface area contributed by atoms with Crippen molar-refractivity contribution in [2.24, 2.45) is 4.99 Å². The lowest BCUT2D eigenvalue weighted by Gasteiger charge is -2.18. The molecule has 2 heterocycles. The number of ether oxygens (including phenoxy) is 2. The third kappa shape index (κ3) is 6.32. The molecule has 0 radical (unpaired) electrons. The molecule has 3 rings (SSSR count). The first-order chi connectivity index (χ1) is 12.7. The summed E-state index contributed by atoms with van der Waals surface area (Å²) in [5.41, 5.74) is 5.22. The fourth-order valence-corrected chi connectivity index (χ4v) is 3.48. The minimum absolute atomic E-state index is 0. The summed E-state index contributed by atoms with van der Waals surface area (Å²) in [5, 5.41) is 6.70. The minimum Gasteiger partial charge on any atom is -0.488 e. The van der Waals surface area contributed by atoms with E-state index in [1.807, 2.05) is 12.4 Å². The molecule has 8 heteroatoms. The molecule has 2 aromatic rings. The van der Waals surface area contributed by atoms with Gasteiger partial charge in [-0.3, -0.25) is 4.99 Å². The summed E-state index contributed by atoms with van der Waals surface area (Å²) in [5.74, 6) is 1.68. The Morgan fingerprint density at radius 2 is 2.15 bits per heavy atom. The average molecular weight is 502 g/mol. The molecular weight excluding hydrogens is 475 g/mol. The van der Waals surface area contributed by atoms with Crippen molar-refractivity contribution in [2.75, 3.05) is 20.3 Å². The van der Waals surface area contributed by atoms with Crippen LogP contribution in [-0.4, -0.2) is 37.3 Å². The number of rotatable bonds is 6. The van der Waals surface area contributed by atoms with Crippen LogP contribution in [0.5, 0.6) is 5.75 Å². The predicted molar refractivity (Wildman–Crippen MR) is 120 cm³/mol. The molecule has 1 fully saturated rings. The number of aromatic nitrogens is 1. The van der Waals surface area contributed by atoms with Crippen molar-refractivity contribution in [3.8, 4) is 5.75 Å². The molecule has 1 aromatic carbocycles. The van der Waals surface area contributed by atoms with Crippen molar-refractivity contribution >= 4 is 41.3 Å². The summed E-state index contributed by atoms with van der Waals surface area (Å²) in [6.45, 7) is 6.90. The van der Waals surface area contributed by atoms with Gasteiger partial charge in [-0.15, -0.1) is 35.3 Å². The van der Waals surface area contributed by atoms with Gasteiger partial charge < -0.3 is 20.1 Å². The maximum Gasteiger partial charge on any atom is 0.191 e. The SMILES string of the molecule is CN=C(NCc1ccc(C)cc1OC1CCOC1)NCc1scnc1C.I. The number of thiazole rings is 1. The zero-order valence-corrected chi connectivity index (χ0v) is 19.1. The Bertz CT molecular complexity index is 760. The number of halogens is 1. The predicted octanol–water partition coefficient (Wildman–Crippen LogP) is 3.41. The third-order valence-corrected chi connectivity index (χ3v) is 5.27. The van der Waals surface area contributed by atoms with Crippen molar-refractivity contribution in [2.45, 2.75) is 39.5 Å². The van der Waals surface area contributed by atoms with Crippen LogP contribution < -0.4 is 15.4 Å². The van der Waals surface area contributed by atoms with Crippen LogP contribution in [0.25, 0.3) is 0 Å². The maximum absolute atomic E-state index is 6.16. The van der Waals surface area contributed by atoms with Crippen LogP contribution in [0.1, 0.15) is 28.1 Å². The van der Waals surface area contributed by atoms with Crippen LogP contribution in [-0.2, 0) is 17.8 Å². The van der Waals surface area contributed by atoms with Gasteiger partial charge in [0.05, 0.1) is 31.0 Å². The van der Waals surface area contributed by atoms with Gasteiger partial charge in [-0.2, -0.15) is 0 Å². The fourth-order valence-electron chi connectivity index (χ4n) is 2.76. The molecule has 0 aliphatic carbocycles. The lowest BCUT2D eigenvalue weighted by atomic mass is 10.1. The Morgan fingerprint density at radius 1 is 1.33 bits per heavy atom. The Morgan fingerprint density at radius 3 is 2.81 bits per heavy atom. The number of nitrogens with zero attached hydrogens (tertiary/aromatic N) is 2. The molecular formula is C19H27IN4O2S. The molecule has 1 saturated heterocycles. The van der Waals surface area contributed by atoms with E-state index in [4.69, 9.17) is 9.47 Å². The molecule has 1 aromatic heterocycles. The van der Waals surface area contributed by atoms with E-state index in [1.54, 1.807) is 18.4 Å². The van der Waals surface area contributed by atoms with Gasteiger partial charge in [-0.25, -0.2) is 4.98 Å². The van der Waals surface area contributed by atoms with E-state index in [-0.39, 0.29) is 30.1 Å². The molecule has 148 valence electrons. The normalized spacial score (nSPS) is 16.7. The smallest absolute Gasteiger partial charge is 0.191 e. The molecule has 0 amide bonds. The molecule has 1 atom stereocenters. The number of benzene rings is 1. The largest absolute Gasteiger partial charge is 0.488 e. The molecule has 0 spiro atoms. The van der Waals surface area contributed by atoms with Gasteiger partial charge in [0.25, 0.3) is 0 Å². The number of hydrogen-bond donors (Lipinski definition) is 2. The van der Waals surface area contributed by atoms with Crippen LogP contribution in [0.3, 0.4) is 0 Å². The average Bonchev–Trinajstić information content (AvgIpc) is 3.28. The van der Waals surface area contributed by atoms with Crippen molar-refractivity contribution in [1.82, 2.24) is 15.6 Å². The second kappa shape index (κ2) is 10.8. The highest BCUT2D eigenvalue weighted by atomic mass is 127. The van der Waals surface area contributed by atoms with Crippen LogP contribution in [0, 0.1) is 13.8 Å². The van der Waals surface area contributed by atoms with Gasteiger partial charge in [0.15, 0.2) is 5.96 Å². The van der Waals surface area contributed by atoms with E-state index >= 15 is 0 Å². The van der Waals surface area contributed by atoms with Gasteiger partial charge in [-0.1, -0.05) is 12.1 Å². The molecule has 1 aliphatic heterocycles. The molecule has 27 heavy (non-hydrogen) atoms. The number of guanidine groups is 1. The van der Waals surface area contributed by atoms with Gasteiger partial charge in [0.2, 0.25) is 0 Å². The first-order valence-corrected chi connectivity index (χ1v) is 9.71. The molecule has 1 unspecified atom stereocenters. The Balaban J connectivity index is 0.00000261. The highest BCUT2D eigenvalue weighted by molar-refractivity contribution is 14.0. The van der Waals surface area contributed by atoms with Gasteiger partial charge in [-0.05, 0) is 25.5 Å². The summed E-state index contributed by atoms with van der Waals surface area (Å²) in [6, 6.07) is 6.30. The van der Waals surface area contributed by atoms with Crippen LogP contribution in [0.15, 0.2) is 28.7 Å². The number of nitrogens with one attached hydrogen (secondary N) is 2. The topological polar surface area (TPSA) is 67.8 Å². The number of aryl methyl sites for hydroxylation is 2. The third-order valence-electron chi connectivity index (χ3n) is 4.34. The lowest BCUT2D eigenvalue weighted by molar-refractivity contribution is 0.140. The summed E-state index contributed by atoms with van der Waals surface area (Å²) >= 11 is 1.65. The summed E-state index contributed by atoms with van der Waals surface area (Å²) in [7, 11) is 1.78. The van der Waals surface area contributed by atoms with Gasteiger partial charge in [0.1, 0.15) is 11.9 Å². The standard InChI is InChI=1S/C19H26N4O2S.HI/c1-13-4-5-15(17(8-13)25-16-6-7-24-11-16)9-21-19(20-3)22-10-18-14(2)23-12-26-18;/h4-5,8,12,16H,6-7,9-11H2,1-3H3,(H2,20,21,22);1H. The van der Waals surface area contributed by atoms with Crippen LogP contribution in [0.2, 0.25) is 0 Å². The van der Waals surface area contributed by atoms with Crippen molar-refractivity contribution < 1.29 is 9.47 Å². The quantitative estimate of drug-likeness (QED) is 0.360. The molecule has 6 nitrogen and oxygen atoms in total. The van der Waals surface area contributed by atoms with Crippen molar-refractivity contribution in [3.63, 3.8) is 0 Å². The Hall–Kier alpha value is -1.39. The van der Waals surface area contributed by atoms with Crippen LogP contribution in [0.4, 0.5) is 0 Å². The van der Waals surface area contributed by atoms with E-state index in [0.29, 0.717) is 19.7 Å². The Kier molecular flexibility index (Phi) is 8.78. The van der Waals surface area contributed by atoms with E-state index < -0.39 is 0 Å². The number of aliphatic imine (C=N–C) groups is 1. The van der Waals surface area contributed by atoms with Crippen molar-refractivity contribution in [3.05, 3.63) is 45.4 Å². The summed E-state index contributed by atoms with van der Waals surface area (Å²) in [4.78, 5) is 9.79. The summed E-state index contributed by atoms with van der Waals surface area (Å²) in [6.07, 6.45) is 1.08.